The molecule has 124 valence electrons. The molecule has 0 spiro atoms. The van der Waals surface area contributed by atoms with Gasteiger partial charge in [-0.25, -0.2) is 23.7 Å². The number of nitrogens with zero attached hydrogens (tertiary/aromatic N) is 4. The second-order valence-corrected chi connectivity index (χ2v) is 5.20. The van der Waals surface area contributed by atoms with Crippen LogP contribution in [-0.4, -0.2) is 25.1 Å². The van der Waals surface area contributed by atoms with Crippen LogP contribution >= 0.6 is 0 Å². The van der Waals surface area contributed by atoms with Gasteiger partial charge in [0.2, 0.25) is 0 Å². The van der Waals surface area contributed by atoms with Crippen molar-refractivity contribution in [1.82, 2.24) is 25.1 Å². The highest BCUT2D eigenvalue weighted by molar-refractivity contribution is 5.93. The molecule has 0 radical (unpaired) electrons. The molecule has 4 N–H and O–H groups in total. The van der Waals surface area contributed by atoms with Crippen molar-refractivity contribution in [3.05, 3.63) is 54.6 Å². The van der Waals surface area contributed by atoms with Gasteiger partial charge in [0.1, 0.15) is 23.6 Å². The molecule has 0 unspecified atom stereocenters. The predicted octanol–water partition coefficient (Wildman–Crippen LogP) is 3.02. The van der Waals surface area contributed by atoms with Crippen molar-refractivity contribution in [3.8, 4) is 11.3 Å². The minimum Gasteiger partial charge on any atom is -0.396 e. The van der Waals surface area contributed by atoms with E-state index in [1.807, 2.05) is 0 Å². The number of H-pyrrole nitrogens is 1. The van der Waals surface area contributed by atoms with Gasteiger partial charge in [-0.1, -0.05) is 0 Å². The van der Waals surface area contributed by atoms with Gasteiger partial charge in [0.15, 0.2) is 11.5 Å². The van der Waals surface area contributed by atoms with Crippen LogP contribution < -0.4 is 11.1 Å². The number of fused-ring (bicyclic) bond motifs is 1. The molecule has 9 heteroatoms. The highest BCUT2D eigenvalue weighted by Crippen LogP contribution is 2.33. The van der Waals surface area contributed by atoms with Gasteiger partial charge in [0, 0.05) is 11.8 Å². The zero-order valence-corrected chi connectivity index (χ0v) is 12.7. The van der Waals surface area contributed by atoms with Crippen LogP contribution in [0.1, 0.15) is 0 Å². The SMILES string of the molecule is Nc1ccc(F)c(Nc2ncccc2-c2ncnc3[nH]ncc23)c1F. The van der Waals surface area contributed by atoms with Crippen molar-refractivity contribution in [2.75, 3.05) is 11.1 Å². The quantitative estimate of drug-likeness (QED) is 0.496. The Morgan fingerprint density at radius 3 is 2.84 bits per heavy atom. The molecule has 0 aliphatic heterocycles. The second-order valence-electron chi connectivity index (χ2n) is 5.20. The minimum absolute atomic E-state index is 0.166. The monoisotopic (exact) mass is 339 g/mol. The summed E-state index contributed by atoms with van der Waals surface area (Å²) in [5, 5.41) is 10.0. The Morgan fingerprint density at radius 2 is 1.96 bits per heavy atom. The Balaban J connectivity index is 1.86. The van der Waals surface area contributed by atoms with Crippen molar-refractivity contribution < 1.29 is 8.78 Å². The smallest absolute Gasteiger partial charge is 0.172 e. The molecule has 4 aromatic rings. The molecule has 25 heavy (non-hydrogen) atoms. The van der Waals surface area contributed by atoms with Crippen molar-refractivity contribution in [2.24, 2.45) is 0 Å². The van der Waals surface area contributed by atoms with Gasteiger partial charge in [-0.05, 0) is 24.3 Å². The number of hydrogen-bond acceptors (Lipinski definition) is 6. The molecule has 0 saturated carbocycles. The molecule has 0 aliphatic rings. The molecule has 3 heterocycles. The summed E-state index contributed by atoms with van der Waals surface area (Å²) < 4.78 is 28.2. The molecule has 0 fully saturated rings. The lowest BCUT2D eigenvalue weighted by Crippen LogP contribution is -2.04. The zero-order chi connectivity index (χ0) is 17.4. The normalized spacial score (nSPS) is 11.0. The van der Waals surface area contributed by atoms with Gasteiger partial charge in [-0.3, -0.25) is 5.10 Å². The van der Waals surface area contributed by atoms with Crippen molar-refractivity contribution in [3.63, 3.8) is 0 Å². The van der Waals surface area contributed by atoms with Crippen LogP contribution in [0, 0.1) is 11.6 Å². The summed E-state index contributed by atoms with van der Waals surface area (Å²) in [7, 11) is 0. The number of pyridine rings is 1. The maximum absolute atomic E-state index is 14.2. The second kappa shape index (κ2) is 5.78. The first-order chi connectivity index (χ1) is 12.1. The van der Waals surface area contributed by atoms with Crippen LogP contribution in [0.5, 0.6) is 0 Å². The molecule has 0 saturated heterocycles. The summed E-state index contributed by atoms with van der Waals surface area (Å²) in [4.78, 5) is 12.5. The fraction of sp³-hybridized carbons (Fsp3) is 0. The Hall–Kier alpha value is -3.62. The Bertz CT molecular complexity index is 1080. The van der Waals surface area contributed by atoms with Crippen molar-refractivity contribution in [2.45, 2.75) is 0 Å². The summed E-state index contributed by atoms with van der Waals surface area (Å²) in [6.07, 6.45) is 4.44. The van der Waals surface area contributed by atoms with Crippen LogP contribution in [0.2, 0.25) is 0 Å². The highest BCUT2D eigenvalue weighted by atomic mass is 19.1. The average molecular weight is 339 g/mol. The van der Waals surface area contributed by atoms with E-state index >= 15 is 0 Å². The summed E-state index contributed by atoms with van der Waals surface area (Å²) in [5.41, 5.74) is 6.58. The first-order valence-electron chi connectivity index (χ1n) is 7.25. The van der Waals surface area contributed by atoms with Crippen LogP contribution in [0.4, 0.5) is 26.0 Å². The lowest BCUT2D eigenvalue weighted by atomic mass is 10.1. The van der Waals surface area contributed by atoms with Crippen molar-refractivity contribution in [1.29, 1.82) is 0 Å². The van der Waals surface area contributed by atoms with Crippen LogP contribution in [0.3, 0.4) is 0 Å². The number of nitrogens with one attached hydrogen (secondary N) is 2. The molecular weight excluding hydrogens is 328 g/mol. The van der Waals surface area contributed by atoms with Crippen LogP contribution in [-0.2, 0) is 0 Å². The van der Waals surface area contributed by atoms with E-state index in [1.165, 1.54) is 12.5 Å². The third kappa shape index (κ3) is 2.51. The molecule has 0 atom stereocenters. The number of halogens is 2. The number of rotatable bonds is 3. The summed E-state index contributed by atoms with van der Waals surface area (Å²) in [6.45, 7) is 0. The third-order valence-electron chi connectivity index (χ3n) is 3.68. The minimum atomic E-state index is -0.882. The van der Waals surface area contributed by atoms with E-state index in [4.69, 9.17) is 5.73 Å². The topological polar surface area (TPSA) is 105 Å². The van der Waals surface area contributed by atoms with Crippen LogP contribution in [0.25, 0.3) is 22.3 Å². The molecular formula is C16H11F2N7. The first-order valence-corrected chi connectivity index (χ1v) is 7.25. The maximum atomic E-state index is 14.2. The molecule has 1 aromatic carbocycles. The van der Waals surface area contributed by atoms with Crippen LogP contribution in [0.15, 0.2) is 43.0 Å². The van der Waals surface area contributed by atoms with Gasteiger partial charge in [-0.2, -0.15) is 5.10 Å². The average Bonchev–Trinajstić information content (AvgIpc) is 3.11. The van der Waals surface area contributed by atoms with E-state index < -0.39 is 11.6 Å². The molecule has 4 rings (SSSR count). The summed E-state index contributed by atoms with van der Waals surface area (Å²) >= 11 is 0. The number of nitrogens with two attached hydrogens (primary N) is 1. The molecule has 3 aromatic heterocycles. The Labute approximate surface area is 140 Å². The number of benzene rings is 1. The van der Waals surface area contributed by atoms with Gasteiger partial charge < -0.3 is 11.1 Å². The zero-order valence-electron chi connectivity index (χ0n) is 12.7. The third-order valence-corrected chi connectivity index (χ3v) is 3.68. The van der Waals surface area contributed by atoms with E-state index in [-0.39, 0.29) is 17.2 Å². The lowest BCUT2D eigenvalue weighted by Gasteiger charge is -2.13. The van der Waals surface area contributed by atoms with Gasteiger partial charge >= 0.3 is 0 Å². The van der Waals surface area contributed by atoms with Gasteiger partial charge in [0.25, 0.3) is 0 Å². The summed E-state index contributed by atoms with van der Waals surface area (Å²) in [6, 6.07) is 5.67. The largest absolute Gasteiger partial charge is 0.396 e. The molecule has 7 nitrogen and oxygen atoms in total. The van der Waals surface area contributed by atoms with E-state index in [2.05, 4.69) is 30.5 Å². The van der Waals surface area contributed by atoms with E-state index in [0.29, 0.717) is 22.3 Å². The number of aromatic amines is 1. The van der Waals surface area contributed by atoms with E-state index in [1.54, 1.807) is 18.3 Å². The maximum Gasteiger partial charge on any atom is 0.172 e. The lowest BCUT2D eigenvalue weighted by molar-refractivity contribution is 0.593. The fourth-order valence-corrected chi connectivity index (χ4v) is 2.48. The Morgan fingerprint density at radius 1 is 1.08 bits per heavy atom. The number of anilines is 3. The highest BCUT2D eigenvalue weighted by Gasteiger charge is 2.17. The predicted molar refractivity (Wildman–Crippen MR) is 89.0 cm³/mol. The van der Waals surface area contributed by atoms with E-state index in [9.17, 15) is 8.78 Å². The first kappa shape index (κ1) is 14.9. The van der Waals surface area contributed by atoms with Gasteiger partial charge in [0.05, 0.1) is 23.0 Å². The van der Waals surface area contributed by atoms with Gasteiger partial charge in [-0.15, -0.1) is 0 Å². The fourth-order valence-electron chi connectivity index (χ4n) is 2.48. The Kier molecular flexibility index (Phi) is 3.46. The van der Waals surface area contributed by atoms with E-state index in [0.717, 1.165) is 12.1 Å². The molecule has 0 aliphatic carbocycles. The number of nitrogen functional groups attached to an aromatic ring is 1. The van der Waals surface area contributed by atoms with Crippen molar-refractivity contribution >= 4 is 28.2 Å². The molecule has 0 bridgehead atoms. The standard InChI is InChI=1S/C16H11F2N7/c17-10-3-4-11(19)12(18)14(10)24-15-8(2-1-5-20-15)13-9-6-23-25-16(9)22-7-21-13/h1-7H,19H2,(H,20,24)(H,21,22,23,25). The number of aromatic nitrogens is 5. The molecule has 0 amide bonds. The summed E-state index contributed by atoms with van der Waals surface area (Å²) in [5.74, 6) is -1.43. The number of hydrogen-bond donors (Lipinski definition) is 3.